The number of nitrogens with zero attached hydrogens (tertiary/aromatic N) is 4. The van der Waals surface area contributed by atoms with Crippen molar-refractivity contribution in [2.45, 2.75) is 59.6 Å². The number of fused-ring (bicyclic) bond motifs is 3. The van der Waals surface area contributed by atoms with E-state index in [4.69, 9.17) is 9.47 Å². The number of aryl methyl sites for hydroxylation is 2. The predicted octanol–water partition coefficient (Wildman–Crippen LogP) is 4.93. The average Bonchev–Trinajstić information content (AvgIpc) is 2.77. The molecule has 1 aromatic carbocycles. The van der Waals surface area contributed by atoms with E-state index in [2.05, 4.69) is 24.9 Å². The normalized spacial score (nSPS) is 12.6. The van der Waals surface area contributed by atoms with Crippen LogP contribution in [0.3, 0.4) is 0 Å². The molecule has 0 spiro atoms. The van der Waals surface area contributed by atoms with Gasteiger partial charge in [0.05, 0.1) is 28.2 Å². The standard InChI is InChI=1S/C27H34N4O4/c1-16(2)11-19(30(7)26(33)35-27(4,5)6)15-34-23-13-22-21(12-18(23)14-28)20-9-10-29-17(3)24(20)25(32)31(22)8/h9-10,12-13,16,19H,11,15H2,1-8H3/t19-/m0/s1. The molecule has 0 aliphatic rings. The summed E-state index contributed by atoms with van der Waals surface area (Å²) >= 11 is 0. The summed E-state index contributed by atoms with van der Waals surface area (Å²) in [7, 11) is 3.40. The number of ether oxygens (including phenoxy) is 2. The van der Waals surface area contributed by atoms with Gasteiger partial charge in [0.1, 0.15) is 24.0 Å². The van der Waals surface area contributed by atoms with Gasteiger partial charge in [0, 0.05) is 31.7 Å². The molecule has 0 bridgehead atoms. The molecule has 1 amide bonds. The fourth-order valence-corrected chi connectivity index (χ4v) is 4.16. The zero-order valence-corrected chi connectivity index (χ0v) is 21.8. The van der Waals surface area contributed by atoms with E-state index in [0.717, 1.165) is 10.8 Å². The molecule has 35 heavy (non-hydrogen) atoms. The first-order valence-corrected chi connectivity index (χ1v) is 11.7. The van der Waals surface area contributed by atoms with Crippen molar-refractivity contribution in [2.75, 3.05) is 13.7 Å². The van der Waals surface area contributed by atoms with Crippen LogP contribution in [0.5, 0.6) is 5.75 Å². The van der Waals surface area contributed by atoms with Crippen molar-refractivity contribution in [1.29, 1.82) is 5.26 Å². The number of carbonyl (C=O) groups excluding carboxylic acids is 1. The Balaban J connectivity index is 2.01. The van der Waals surface area contributed by atoms with Gasteiger partial charge in [-0.25, -0.2) is 4.79 Å². The zero-order chi connectivity index (χ0) is 26.1. The highest BCUT2D eigenvalue weighted by molar-refractivity contribution is 6.07. The Labute approximate surface area is 206 Å². The van der Waals surface area contributed by atoms with Gasteiger partial charge in [-0.1, -0.05) is 13.8 Å². The summed E-state index contributed by atoms with van der Waals surface area (Å²) in [5, 5.41) is 11.9. The van der Waals surface area contributed by atoms with Crippen LogP contribution in [0.1, 0.15) is 52.3 Å². The summed E-state index contributed by atoms with van der Waals surface area (Å²) in [6.07, 6.45) is 1.93. The van der Waals surface area contributed by atoms with Crippen LogP contribution >= 0.6 is 0 Å². The van der Waals surface area contributed by atoms with Gasteiger partial charge in [0.15, 0.2) is 0 Å². The third-order valence-corrected chi connectivity index (χ3v) is 5.93. The molecular formula is C27H34N4O4. The molecule has 186 valence electrons. The lowest BCUT2D eigenvalue weighted by Crippen LogP contribution is -2.44. The van der Waals surface area contributed by atoms with Gasteiger partial charge in [0.2, 0.25) is 0 Å². The molecule has 0 unspecified atom stereocenters. The molecule has 0 aliphatic carbocycles. The largest absolute Gasteiger partial charge is 0.490 e. The highest BCUT2D eigenvalue weighted by atomic mass is 16.6. The molecule has 0 radical (unpaired) electrons. The quantitative estimate of drug-likeness (QED) is 0.466. The van der Waals surface area contributed by atoms with Gasteiger partial charge in [0.25, 0.3) is 5.56 Å². The molecule has 8 nitrogen and oxygen atoms in total. The molecule has 3 rings (SSSR count). The Kier molecular flexibility index (Phi) is 7.39. The number of carbonyl (C=O) groups is 1. The van der Waals surface area contributed by atoms with Crippen LogP contribution in [-0.2, 0) is 11.8 Å². The first kappa shape index (κ1) is 26.0. The SMILES string of the molecule is Cc1nccc2c1c(=O)n(C)c1cc(OC[C@H](CC(C)C)N(C)C(=O)OC(C)(C)C)c(C#N)cc21. The smallest absolute Gasteiger partial charge is 0.410 e. The maximum absolute atomic E-state index is 13.1. The Morgan fingerprint density at radius 1 is 1.26 bits per heavy atom. The molecule has 0 N–H and O–H groups in total. The number of pyridine rings is 2. The summed E-state index contributed by atoms with van der Waals surface area (Å²) in [4.78, 5) is 31.5. The molecule has 2 aromatic heterocycles. The molecule has 1 atom stereocenters. The van der Waals surface area contributed by atoms with Gasteiger partial charge in [-0.05, 0) is 57.6 Å². The molecule has 0 aliphatic heterocycles. The van der Waals surface area contributed by atoms with E-state index < -0.39 is 11.7 Å². The fraction of sp³-hybridized carbons (Fsp3) is 0.481. The third-order valence-electron chi connectivity index (χ3n) is 5.93. The molecule has 8 heteroatoms. The second kappa shape index (κ2) is 9.95. The van der Waals surface area contributed by atoms with Crippen molar-refractivity contribution in [3.8, 4) is 11.8 Å². The minimum absolute atomic E-state index is 0.156. The van der Waals surface area contributed by atoms with Gasteiger partial charge >= 0.3 is 6.09 Å². The predicted molar refractivity (Wildman–Crippen MR) is 137 cm³/mol. The average molecular weight is 479 g/mol. The van der Waals surface area contributed by atoms with Crippen LogP contribution in [0.25, 0.3) is 21.7 Å². The number of nitriles is 1. The first-order valence-electron chi connectivity index (χ1n) is 11.7. The molecule has 0 saturated heterocycles. The lowest BCUT2D eigenvalue weighted by atomic mass is 10.0. The molecule has 0 fully saturated rings. The first-order chi connectivity index (χ1) is 16.3. The lowest BCUT2D eigenvalue weighted by molar-refractivity contribution is 0.0153. The number of likely N-dealkylation sites (N-methyl/N-ethyl adjacent to an activating group) is 1. The summed E-state index contributed by atoms with van der Waals surface area (Å²) in [5.74, 6) is 0.677. The maximum Gasteiger partial charge on any atom is 0.410 e. The summed E-state index contributed by atoms with van der Waals surface area (Å²) in [6.45, 7) is 11.6. The minimum atomic E-state index is -0.609. The van der Waals surface area contributed by atoms with Gasteiger partial charge < -0.3 is 18.9 Å². The van der Waals surface area contributed by atoms with Crippen molar-refractivity contribution in [3.63, 3.8) is 0 Å². The van der Waals surface area contributed by atoms with Crippen molar-refractivity contribution < 1.29 is 14.3 Å². The van der Waals surface area contributed by atoms with Crippen LogP contribution < -0.4 is 10.3 Å². The second-order valence-corrected chi connectivity index (χ2v) is 10.3. The van der Waals surface area contributed by atoms with E-state index in [1.54, 1.807) is 54.9 Å². The van der Waals surface area contributed by atoms with E-state index in [-0.39, 0.29) is 18.2 Å². The van der Waals surface area contributed by atoms with Crippen molar-refractivity contribution in [2.24, 2.45) is 13.0 Å². The fourth-order valence-electron chi connectivity index (χ4n) is 4.16. The zero-order valence-electron chi connectivity index (χ0n) is 21.8. The lowest BCUT2D eigenvalue weighted by Gasteiger charge is -2.31. The van der Waals surface area contributed by atoms with E-state index in [1.165, 1.54) is 0 Å². The monoisotopic (exact) mass is 478 g/mol. The van der Waals surface area contributed by atoms with E-state index in [9.17, 15) is 14.9 Å². The third kappa shape index (κ3) is 5.56. The number of hydrogen-bond donors (Lipinski definition) is 0. The summed E-state index contributed by atoms with van der Waals surface area (Å²) in [6, 6.07) is 7.22. The van der Waals surface area contributed by atoms with Crippen LogP contribution in [0.15, 0.2) is 29.2 Å². The minimum Gasteiger partial charge on any atom is -0.490 e. The van der Waals surface area contributed by atoms with Crippen molar-refractivity contribution in [1.82, 2.24) is 14.5 Å². The van der Waals surface area contributed by atoms with Gasteiger partial charge in [-0.2, -0.15) is 5.26 Å². The van der Waals surface area contributed by atoms with Crippen molar-refractivity contribution in [3.05, 3.63) is 46.0 Å². The second-order valence-electron chi connectivity index (χ2n) is 10.3. The molecule has 2 heterocycles. The molecule has 0 saturated carbocycles. The van der Waals surface area contributed by atoms with E-state index in [1.807, 2.05) is 20.8 Å². The van der Waals surface area contributed by atoms with Crippen molar-refractivity contribution >= 4 is 27.8 Å². The number of aromatic nitrogens is 2. The van der Waals surface area contributed by atoms with Gasteiger partial charge in [-0.15, -0.1) is 0 Å². The van der Waals surface area contributed by atoms with Crippen LogP contribution in [0.4, 0.5) is 4.79 Å². The topological polar surface area (TPSA) is 97.5 Å². The summed E-state index contributed by atoms with van der Waals surface area (Å²) < 4.78 is 13.2. The number of rotatable bonds is 6. The van der Waals surface area contributed by atoms with Crippen LogP contribution in [0, 0.1) is 24.2 Å². The number of hydrogen-bond acceptors (Lipinski definition) is 6. The maximum atomic E-state index is 13.1. The Morgan fingerprint density at radius 3 is 2.54 bits per heavy atom. The van der Waals surface area contributed by atoms with E-state index >= 15 is 0 Å². The highest BCUT2D eigenvalue weighted by Crippen LogP contribution is 2.30. The van der Waals surface area contributed by atoms with Gasteiger partial charge in [-0.3, -0.25) is 9.78 Å². The summed E-state index contributed by atoms with van der Waals surface area (Å²) in [5.41, 5.74) is 0.891. The highest BCUT2D eigenvalue weighted by Gasteiger charge is 2.27. The van der Waals surface area contributed by atoms with Crippen LogP contribution in [0.2, 0.25) is 0 Å². The molecular weight excluding hydrogens is 444 g/mol. The Hall–Kier alpha value is -3.60. The number of amides is 1. The van der Waals surface area contributed by atoms with E-state index in [0.29, 0.717) is 40.2 Å². The molecule has 3 aromatic rings. The number of benzene rings is 1. The Bertz CT molecular complexity index is 1360. The Morgan fingerprint density at radius 2 is 1.94 bits per heavy atom. The van der Waals surface area contributed by atoms with Crippen LogP contribution in [-0.4, -0.2) is 45.8 Å².